The Morgan fingerprint density at radius 3 is 2.39 bits per heavy atom. The van der Waals surface area contributed by atoms with Crippen molar-refractivity contribution >= 4 is 18.0 Å². The van der Waals surface area contributed by atoms with Crippen molar-refractivity contribution in [2.75, 3.05) is 19.7 Å². The van der Waals surface area contributed by atoms with Crippen LogP contribution in [0.5, 0.6) is 0 Å². The number of aliphatic hydroxyl groups excluding tert-OH is 1. The lowest BCUT2D eigenvalue weighted by Crippen LogP contribution is -2.86. The van der Waals surface area contributed by atoms with E-state index in [4.69, 9.17) is 0 Å². The van der Waals surface area contributed by atoms with Crippen LogP contribution < -0.4 is 5.32 Å². The van der Waals surface area contributed by atoms with E-state index in [-0.39, 0.29) is 42.5 Å². The van der Waals surface area contributed by atoms with Crippen LogP contribution in [0, 0.1) is 5.92 Å². The summed E-state index contributed by atoms with van der Waals surface area (Å²) < 4.78 is 0. The van der Waals surface area contributed by atoms with Crippen molar-refractivity contribution in [1.29, 1.82) is 0 Å². The van der Waals surface area contributed by atoms with Crippen molar-refractivity contribution in [2.24, 2.45) is 5.92 Å². The number of nitrogens with zero attached hydrogens (tertiary/aromatic N) is 2. The maximum absolute atomic E-state index is 13.5. The van der Waals surface area contributed by atoms with E-state index in [9.17, 15) is 14.7 Å². The second-order valence-electron chi connectivity index (χ2n) is 9.65. The third kappa shape index (κ3) is 3.75. The summed E-state index contributed by atoms with van der Waals surface area (Å²) in [4.78, 5) is 29.8. The van der Waals surface area contributed by atoms with Gasteiger partial charge in [0.1, 0.15) is 0 Å². The van der Waals surface area contributed by atoms with E-state index in [2.05, 4.69) is 35.7 Å². The Bertz CT molecular complexity index is 836. The lowest BCUT2D eigenvalue weighted by Gasteiger charge is -2.70. The highest BCUT2D eigenvalue weighted by Crippen LogP contribution is 2.55. The number of carbonyl (C=O) groups excluding carboxylic acids is 2. The highest BCUT2D eigenvalue weighted by atomic mass is 16.3. The maximum atomic E-state index is 13.5. The van der Waals surface area contributed by atoms with Gasteiger partial charge in [0.05, 0.1) is 18.2 Å². The van der Waals surface area contributed by atoms with Gasteiger partial charge in [-0.3, -0.25) is 4.79 Å². The van der Waals surface area contributed by atoms with Gasteiger partial charge in [0.2, 0.25) is 5.91 Å². The smallest absolute Gasteiger partial charge is 0.317 e. The molecule has 4 rings (SSSR count). The Balaban J connectivity index is 1.61. The third-order valence-corrected chi connectivity index (χ3v) is 7.19. The first-order chi connectivity index (χ1) is 14.9. The van der Waals surface area contributed by atoms with Gasteiger partial charge < -0.3 is 20.2 Å². The molecule has 1 aliphatic carbocycles. The van der Waals surface area contributed by atoms with Crippen LogP contribution in [0.3, 0.4) is 0 Å². The van der Waals surface area contributed by atoms with Gasteiger partial charge in [0.25, 0.3) is 0 Å². The number of allylic oxidation sites excluding steroid dienone is 1. The second-order valence-corrected chi connectivity index (χ2v) is 9.65. The summed E-state index contributed by atoms with van der Waals surface area (Å²) in [7, 11) is 0. The van der Waals surface area contributed by atoms with Crippen LogP contribution in [0.2, 0.25) is 0 Å². The second kappa shape index (κ2) is 8.65. The number of rotatable bonds is 5. The molecule has 2 heterocycles. The summed E-state index contributed by atoms with van der Waals surface area (Å²) in [5, 5.41) is 13.2. The molecule has 6 heteroatoms. The number of nitrogens with one attached hydrogen (secondary N) is 1. The van der Waals surface area contributed by atoms with Crippen LogP contribution in [0.4, 0.5) is 4.79 Å². The molecule has 1 aromatic carbocycles. The minimum atomic E-state index is -0.413. The van der Waals surface area contributed by atoms with Gasteiger partial charge >= 0.3 is 6.03 Å². The van der Waals surface area contributed by atoms with Gasteiger partial charge in [-0.15, -0.1) is 0 Å². The summed E-state index contributed by atoms with van der Waals surface area (Å²) in [6.07, 6.45) is 8.13. The van der Waals surface area contributed by atoms with Crippen molar-refractivity contribution in [3.63, 3.8) is 0 Å². The molecule has 1 saturated carbocycles. The van der Waals surface area contributed by atoms with E-state index in [1.54, 1.807) is 4.90 Å². The van der Waals surface area contributed by atoms with Gasteiger partial charge in [-0.05, 0) is 44.7 Å². The molecule has 0 unspecified atom stereocenters. The van der Waals surface area contributed by atoms with Crippen molar-refractivity contribution in [3.05, 3.63) is 41.5 Å². The number of aliphatic hydroxyl groups is 1. The number of hydrogen-bond acceptors (Lipinski definition) is 3. The summed E-state index contributed by atoms with van der Waals surface area (Å²) in [5.74, 6) is 0.260. The van der Waals surface area contributed by atoms with Crippen LogP contribution in [0.15, 0.2) is 30.3 Å². The third-order valence-electron chi connectivity index (χ3n) is 7.19. The quantitative estimate of drug-likeness (QED) is 0.760. The monoisotopic (exact) mass is 425 g/mol. The highest BCUT2D eigenvalue weighted by Gasteiger charge is 2.68. The van der Waals surface area contributed by atoms with E-state index in [1.807, 2.05) is 31.7 Å². The minimum Gasteiger partial charge on any atom is -0.394 e. The fourth-order valence-corrected chi connectivity index (χ4v) is 5.83. The van der Waals surface area contributed by atoms with Crippen molar-refractivity contribution in [3.8, 4) is 0 Å². The average molecular weight is 426 g/mol. The summed E-state index contributed by atoms with van der Waals surface area (Å²) in [5.41, 5.74) is 1.85. The lowest BCUT2D eigenvalue weighted by atomic mass is 9.60. The lowest BCUT2D eigenvalue weighted by molar-refractivity contribution is -0.196. The average Bonchev–Trinajstić information content (AvgIpc) is 3.22. The van der Waals surface area contributed by atoms with Crippen molar-refractivity contribution in [2.45, 2.75) is 70.0 Å². The molecule has 1 aromatic rings. The number of urea groups is 1. The predicted molar refractivity (Wildman–Crippen MR) is 122 cm³/mol. The first-order valence-electron chi connectivity index (χ1n) is 11.6. The van der Waals surface area contributed by atoms with E-state index < -0.39 is 5.54 Å². The molecule has 6 nitrogen and oxygen atoms in total. The molecule has 1 spiro atoms. The molecular weight excluding hydrogens is 390 g/mol. The van der Waals surface area contributed by atoms with Gasteiger partial charge in [0, 0.05) is 31.0 Å². The van der Waals surface area contributed by atoms with Gasteiger partial charge in [-0.1, -0.05) is 49.3 Å². The molecule has 3 aliphatic rings. The fourth-order valence-electron chi connectivity index (χ4n) is 5.83. The molecule has 0 aromatic heterocycles. The van der Waals surface area contributed by atoms with Gasteiger partial charge in [-0.2, -0.15) is 0 Å². The fraction of sp³-hybridized carbons (Fsp3) is 0.600. The molecule has 2 aliphatic heterocycles. The number of hydrogen-bond donors (Lipinski definition) is 2. The molecule has 2 atom stereocenters. The minimum absolute atomic E-state index is 0.0330. The summed E-state index contributed by atoms with van der Waals surface area (Å²) >= 11 is 0. The molecule has 0 radical (unpaired) electrons. The molecule has 2 saturated heterocycles. The van der Waals surface area contributed by atoms with Crippen LogP contribution in [0.1, 0.15) is 63.5 Å². The molecule has 168 valence electrons. The number of likely N-dealkylation sites (tertiary alicyclic amines) is 2. The summed E-state index contributed by atoms with van der Waals surface area (Å²) in [6.45, 7) is 6.87. The Kier molecular flexibility index (Phi) is 6.11. The normalized spacial score (nSPS) is 25.2. The number of amides is 3. The first kappa shape index (κ1) is 21.9. The standard InChI is InChI=1S/C25H35N3O3/c1-4-7-18-10-12-19(13-11-18)22-21(14-29)28(23(30)20-8-5-6-9-20)25(22)15-27(16-25)24(31)26-17(2)3/h4,7,10-13,17,20-22,29H,5-6,8-9,14-16H2,1-3H3,(H,26,31)/b7-4+/t21-,22+/m1/s1. The SMILES string of the molecule is C/C=C/c1ccc([C@H]2[C@@H](CO)N(C(=O)C3CCCC3)C23CN(C(=O)NC(C)C)C3)cc1. The van der Waals surface area contributed by atoms with E-state index >= 15 is 0 Å². The Hall–Kier alpha value is -2.34. The largest absolute Gasteiger partial charge is 0.394 e. The van der Waals surface area contributed by atoms with Gasteiger partial charge in [0.15, 0.2) is 0 Å². The molecule has 31 heavy (non-hydrogen) atoms. The molecule has 3 fully saturated rings. The Morgan fingerprint density at radius 2 is 1.84 bits per heavy atom. The number of benzene rings is 1. The molecule has 2 N–H and O–H groups in total. The molecular formula is C25H35N3O3. The summed E-state index contributed by atoms with van der Waals surface area (Å²) in [6, 6.07) is 8.15. The number of carbonyl (C=O) groups is 2. The predicted octanol–water partition coefficient (Wildman–Crippen LogP) is 3.37. The highest BCUT2D eigenvalue weighted by molar-refractivity contribution is 5.84. The zero-order valence-electron chi connectivity index (χ0n) is 18.9. The van der Waals surface area contributed by atoms with E-state index in [0.29, 0.717) is 13.1 Å². The zero-order valence-corrected chi connectivity index (χ0v) is 18.9. The van der Waals surface area contributed by atoms with Gasteiger partial charge in [-0.25, -0.2) is 4.79 Å². The first-order valence-corrected chi connectivity index (χ1v) is 11.6. The van der Waals surface area contributed by atoms with Crippen molar-refractivity contribution < 1.29 is 14.7 Å². The van der Waals surface area contributed by atoms with Crippen LogP contribution in [-0.2, 0) is 4.79 Å². The molecule has 0 bridgehead atoms. The van der Waals surface area contributed by atoms with Crippen molar-refractivity contribution in [1.82, 2.24) is 15.1 Å². The van der Waals surface area contributed by atoms with Crippen LogP contribution in [-0.4, -0.2) is 64.2 Å². The van der Waals surface area contributed by atoms with Crippen LogP contribution >= 0.6 is 0 Å². The molecule has 3 amide bonds. The zero-order chi connectivity index (χ0) is 22.2. The van der Waals surface area contributed by atoms with E-state index in [0.717, 1.165) is 36.8 Å². The Morgan fingerprint density at radius 1 is 1.19 bits per heavy atom. The van der Waals surface area contributed by atoms with E-state index in [1.165, 1.54) is 0 Å². The topological polar surface area (TPSA) is 72.9 Å². The maximum Gasteiger partial charge on any atom is 0.317 e. The Labute approximate surface area is 185 Å². The van der Waals surface area contributed by atoms with Crippen LogP contribution in [0.25, 0.3) is 6.08 Å².